The molecule has 0 saturated carbocycles. The molecule has 0 spiro atoms. The lowest BCUT2D eigenvalue weighted by molar-refractivity contribution is 0.673. The lowest BCUT2D eigenvalue weighted by atomic mass is 10.0. The van der Waals surface area contributed by atoms with Gasteiger partial charge in [-0.05, 0) is 69.8 Å². The quantitative estimate of drug-likeness (QED) is 0.160. The smallest absolute Gasteiger partial charge is 0.238 e. The van der Waals surface area contributed by atoms with Gasteiger partial charge in [-0.1, -0.05) is 200 Å². The highest BCUT2D eigenvalue weighted by Crippen LogP contribution is 2.44. The van der Waals surface area contributed by atoms with Crippen LogP contribution in [0.3, 0.4) is 0 Å². The fraction of sp³-hybridized carbons (Fsp3) is 0. The minimum Gasteiger partial charge on any atom is -0.452 e. The van der Waals surface area contributed by atoms with Gasteiger partial charge in [0.15, 0.2) is 22.8 Å². The third-order valence-corrected chi connectivity index (χ3v) is 13.6. The maximum atomic E-state index is 7.40. The molecule has 322 valence electrons. The fourth-order valence-corrected chi connectivity index (χ4v) is 10.3. The molecule has 0 aliphatic rings. The zero-order valence-corrected chi connectivity index (χ0v) is 37.2. The molecule has 0 amide bonds. The SMILES string of the molecule is c1ccc(-c2ccc(-c3nc(-c4ccc(-c5ccccc5)cc4)nc(-n4c5ccccc5c5ccc6c7ccc8c9ccccc9n(-c9cccc(-c%10ccccc%10)c9)c8c7oc6c54)n3)cc2)cc1. The van der Waals surface area contributed by atoms with Crippen molar-refractivity contribution in [3.63, 3.8) is 0 Å². The van der Waals surface area contributed by atoms with Crippen molar-refractivity contribution < 1.29 is 4.42 Å². The number of para-hydroxylation sites is 2. The Kier molecular flexibility index (Phi) is 8.79. The van der Waals surface area contributed by atoms with Crippen LogP contribution in [0.1, 0.15) is 0 Å². The predicted octanol–water partition coefficient (Wildman–Crippen LogP) is 16.3. The van der Waals surface area contributed by atoms with E-state index >= 15 is 0 Å². The lowest BCUT2D eigenvalue weighted by Crippen LogP contribution is -2.06. The first-order chi connectivity index (χ1) is 34.2. The summed E-state index contributed by atoms with van der Waals surface area (Å²) in [5, 5.41) is 6.47. The summed E-state index contributed by atoms with van der Waals surface area (Å²) >= 11 is 0. The van der Waals surface area contributed by atoms with Gasteiger partial charge in [-0.3, -0.25) is 4.57 Å². The van der Waals surface area contributed by atoms with Crippen molar-refractivity contribution in [1.82, 2.24) is 24.1 Å². The number of aromatic nitrogens is 5. The van der Waals surface area contributed by atoms with Gasteiger partial charge in [0, 0.05) is 49.1 Å². The summed E-state index contributed by atoms with van der Waals surface area (Å²) in [7, 11) is 0. The number of nitrogens with zero attached hydrogens (tertiary/aromatic N) is 5. The molecule has 0 radical (unpaired) electrons. The van der Waals surface area contributed by atoms with Gasteiger partial charge in [0.2, 0.25) is 5.95 Å². The third kappa shape index (κ3) is 6.30. The Hall–Kier alpha value is -9.39. The molecule has 69 heavy (non-hydrogen) atoms. The molecule has 4 aromatic heterocycles. The summed E-state index contributed by atoms with van der Waals surface area (Å²) in [5.74, 6) is 1.66. The van der Waals surface area contributed by atoms with Crippen molar-refractivity contribution >= 4 is 65.6 Å². The molecule has 4 heterocycles. The number of furan rings is 1. The van der Waals surface area contributed by atoms with Crippen LogP contribution in [0.15, 0.2) is 241 Å². The van der Waals surface area contributed by atoms with E-state index in [1.165, 1.54) is 5.56 Å². The highest BCUT2D eigenvalue weighted by Gasteiger charge is 2.25. The third-order valence-electron chi connectivity index (χ3n) is 13.6. The normalized spacial score (nSPS) is 11.8. The molecule has 0 N–H and O–H groups in total. The number of rotatable bonds is 7. The van der Waals surface area contributed by atoms with E-state index in [0.29, 0.717) is 17.6 Å². The van der Waals surface area contributed by atoms with Crippen molar-refractivity contribution in [2.24, 2.45) is 0 Å². The minimum absolute atomic E-state index is 0.505. The second kappa shape index (κ2) is 15.6. The van der Waals surface area contributed by atoms with E-state index in [-0.39, 0.29) is 0 Å². The summed E-state index contributed by atoms with van der Waals surface area (Å²) in [4.78, 5) is 15.9. The zero-order valence-electron chi connectivity index (χ0n) is 37.2. The molecular formula is C63H39N5O. The minimum atomic E-state index is 0.505. The second-order valence-electron chi connectivity index (χ2n) is 17.6. The molecule has 14 aromatic rings. The number of benzene rings is 10. The summed E-state index contributed by atoms with van der Waals surface area (Å²) < 4.78 is 11.9. The van der Waals surface area contributed by atoms with E-state index in [9.17, 15) is 0 Å². The highest BCUT2D eigenvalue weighted by atomic mass is 16.3. The van der Waals surface area contributed by atoms with Gasteiger partial charge >= 0.3 is 0 Å². The van der Waals surface area contributed by atoms with Crippen LogP contribution in [-0.4, -0.2) is 24.1 Å². The maximum absolute atomic E-state index is 7.40. The molecule has 10 aromatic carbocycles. The fourth-order valence-electron chi connectivity index (χ4n) is 10.3. The van der Waals surface area contributed by atoms with E-state index in [4.69, 9.17) is 19.4 Å². The van der Waals surface area contributed by atoms with Gasteiger partial charge < -0.3 is 8.98 Å². The molecule has 0 saturated heterocycles. The van der Waals surface area contributed by atoms with Gasteiger partial charge in [0.25, 0.3) is 0 Å². The Labute approximate surface area is 396 Å². The first kappa shape index (κ1) is 38.8. The number of fused-ring (bicyclic) bond motifs is 11. The molecule has 0 aliphatic heterocycles. The van der Waals surface area contributed by atoms with Crippen LogP contribution < -0.4 is 0 Å². The van der Waals surface area contributed by atoms with Crippen LogP contribution >= 0.6 is 0 Å². The van der Waals surface area contributed by atoms with E-state index < -0.39 is 0 Å². The van der Waals surface area contributed by atoms with Gasteiger partial charge in [-0.15, -0.1) is 0 Å². The Balaban J connectivity index is 1.02. The standard InChI is InChI=1S/C63H39N5O/c1-4-15-40(16-5-1)43-27-31-45(32-28-43)61-64-62(46-33-29-44(30-34-46)41-17-6-2-7-18-41)66-63(65-61)68-56-26-13-11-24-50(56)52-36-38-54-53-37-35-51-49-23-10-12-25-55(49)67(57(51)59(53)69-60(54)58(52)68)48-22-14-21-47(39-48)42-19-8-3-9-20-42/h1-39H. The van der Waals surface area contributed by atoms with Crippen LogP contribution in [0.25, 0.3) is 133 Å². The van der Waals surface area contributed by atoms with Crippen molar-refractivity contribution in [3.8, 4) is 67.8 Å². The Morgan fingerprint density at radius 3 is 1.19 bits per heavy atom. The largest absolute Gasteiger partial charge is 0.452 e. The summed E-state index contributed by atoms with van der Waals surface area (Å²) in [5.41, 5.74) is 15.3. The first-order valence-electron chi connectivity index (χ1n) is 23.3. The van der Waals surface area contributed by atoms with Crippen molar-refractivity contribution in [2.75, 3.05) is 0 Å². The van der Waals surface area contributed by atoms with E-state index in [1.54, 1.807) is 0 Å². The number of hydrogen-bond donors (Lipinski definition) is 0. The maximum Gasteiger partial charge on any atom is 0.238 e. The highest BCUT2D eigenvalue weighted by molar-refractivity contribution is 6.26. The Bertz CT molecular complexity index is 4170. The van der Waals surface area contributed by atoms with Gasteiger partial charge in [0.1, 0.15) is 5.52 Å². The second-order valence-corrected chi connectivity index (χ2v) is 17.6. The van der Waals surface area contributed by atoms with Gasteiger partial charge in [0.05, 0.1) is 16.6 Å². The van der Waals surface area contributed by atoms with E-state index in [2.05, 4.69) is 234 Å². The average molecular weight is 882 g/mol. The van der Waals surface area contributed by atoms with Crippen LogP contribution in [0.4, 0.5) is 0 Å². The van der Waals surface area contributed by atoms with Gasteiger partial charge in [-0.2, -0.15) is 9.97 Å². The lowest BCUT2D eigenvalue weighted by Gasteiger charge is -2.12. The summed E-state index contributed by atoms with van der Waals surface area (Å²) in [6.45, 7) is 0. The van der Waals surface area contributed by atoms with Crippen molar-refractivity contribution in [3.05, 3.63) is 237 Å². The molecule has 0 fully saturated rings. The van der Waals surface area contributed by atoms with Crippen molar-refractivity contribution in [2.45, 2.75) is 0 Å². The molecule has 6 heteroatoms. The van der Waals surface area contributed by atoms with E-state index in [0.717, 1.165) is 110 Å². The van der Waals surface area contributed by atoms with E-state index in [1.807, 2.05) is 12.1 Å². The summed E-state index contributed by atoms with van der Waals surface area (Å²) in [6.07, 6.45) is 0. The Morgan fingerprint density at radius 1 is 0.275 bits per heavy atom. The number of hydrogen-bond acceptors (Lipinski definition) is 4. The van der Waals surface area contributed by atoms with Crippen LogP contribution in [0.2, 0.25) is 0 Å². The molecule has 0 bridgehead atoms. The molecule has 0 atom stereocenters. The van der Waals surface area contributed by atoms with Gasteiger partial charge in [-0.25, -0.2) is 4.98 Å². The van der Waals surface area contributed by atoms with Crippen molar-refractivity contribution in [1.29, 1.82) is 0 Å². The molecule has 0 unspecified atom stereocenters. The first-order valence-corrected chi connectivity index (χ1v) is 23.3. The molecule has 6 nitrogen and oxygen atoms in total. The van der Waals surface area contributed by atoms with Crippen LogP contribution in [-0.2, 0) is 0 Å². The Morgan fingerprint density at radius 2 is 0.667 bits per heavy atom. The van der Waals surface area contributed by atoms with Crippen LogP contribution in [0.5, 0.6) is 0 Å². The monoisotopic (exact) mass is 881 g/mol. The predicted molar refractivity (Wildman–Crippen MR) is 283 cm³/mol. The summed E-state index contributed by atoms with van der Waals surface area (Å²) in [6, 6.07) is 83.2. The molecule has 0 aliphatic carbocycles. The zero-order chi connectivity index (χ0) is 45.4. The van der Waals surface area contributed by atoms with Crippen LogP contribution in [0, 0.1) is 0 Å². The molecule has 14 rings (SSSR count). The average Bonchev–Trinajstić information content (AvgIpc) is 4.10. The topological polar surface area (TPSA) is 61.7 Å². The molecular weight excluding hydrogens is 843 g/mol.